The summed E-state index contributed by atoms with van der Waals surface area (Å²) in [5.74, 6) is 1.52. The van der Waals surface area contributed by atoms with Gasteiger partial charge < -0.3 is 15.1 Å². The molecular formula is C22H24N8. The van der Waals surface area contributed by atoms with E-state index in [-0.39, 0.29) is 0 Å². The molecule has 0 saturated carbocycles. The maximum Gasteiger partial charge on any atom is 0.223 e. The van der Waals surface area contributed by atoms with Gasteiger partial charge in [-0.25, -0.2) is 19.9 Å². The van der Waals surface area contributed by atoms with Crippen LogP contribution in [-0.2, 0) is 6.54 Å². The van der Waals surface area contributed by atoms with Crippen molar-refractivity contribution in [2.24, 2.45) is 0 Å². The molecule has 1 aromatic carbocycles. The second kappa shape index (κ2) is 8.08. The quantitative estimate of drug-likeness (QED) is 0.552. The van der Waals surface area contributed by atoms with Gasteiger partial charge in [0.1, 0.15) is 0 Å². The van der Waals surface area contributed by atoms with Gasteiger partial charge in [0.15, 0.2) is 11.5 Å². The first-order valence-corrected chi connectivity index (χ1v) is 10.1. The molecule has 1 aliphatic rings. The number of nitrogens with zero attached hydrogens (tertiary/aromatic N) is 7. The zero-order chi connectivity index (χ0) is 20.3. The molecule has 1 aliphatic heterocycles. The van der Waals surface area contributed by atoms with E-state index in [4.69, 9.17) is 4.98 Å². The molecule has 0 radical (unpaired) electrons. The summed E-state index contributed by atoms with van der Waals surface area (Å²) < 4.78 is 2.06. The second-order valence-corrected chi connectivity index (χ2v) is 7.48. The van der Waals surface area contributed by atoms with E-state index in [2.05, 4.69) is 53.6 Å². The van der Waals surface area contributed by atoms with E-state index in [1.54, 1.807) is 6.20 Å². The van der Waals surface area contributed by atoms with E-state index in [9.17, 15) is 0 Å². The number of fused-ring (bicyclic) bond motifs is 1. The van der Waals surface area contributed by atoms with Gasteiger partial charge >= 0.3 is 0 Å². The summed E-state index contributed by atoms with van der Waals surface area (Å²) in [7, 11) is 2.15. The minimum absolute atomic E-state index is 0.597. The van der Waals surface area contributed by atoms with Crippen LogP contribution >= 0.6 is 0 Å². The Morgan fingerprint density at radius 3 is 2.60 bits per heavy atom. The van der Waals surface area contributed by atoms with Crippen LogP contribution in [0.1, 0.15) is 5.56 Å². The van der Waals surface area contributed by atoms with Crippen molar-refractivity contribution in [3.63, 3.8) is 0 Å². The maximum absolute atomic E-state index is 4.71. The van der Waals surface area contributed by atoms with Crippen molar-refractivity contribution >= 4 is 17.4 Å². The summed E-state index contributed by atoms with van der Waals surface area (Å²) >= 11 is 0. The van der Waals surface area contributed by atoms with Crippen LogP contribution in [0.5, 0.6) is 0 Å². The van der Waals surface area contributed by atoms with Crippen molar-refractivity contribution in [2.45, 2.75) is 6.54 Å². The van der Waals surface area contributed by atoms with Crippen LogP contribution < -0.4 is 10.2 Å². The smallest absolute Gasteiger partial charge is 0.223 e. The Balaban J connectivity index is 1.42. The van der Waals surface area contributed by atoms with Crippen molar-refractivity contribution in [3.05, 3.63) is 66.7 Å². The normalized spacial score (nSPS) is 14.9. The first-order chi connectivity index (χ1) is 14.8. The lowest BCUT2D eigenvalue weighted by Gasteiger charge is -2.33. The van der Waals surface area contributed by atoms with Gasteiger partial charge in [-0.3, -0.25) is 4.40 Å². The molecule has 0 amide bonds. The van der Waals surface area contributed by atoms with Crippen molar-refractivity contribution in [1.29, 1.82) is 0 Å². The van der Waals surface area contributed by atoms with Crippen LogP contribution in [0.15, 0.2) is 61.2 Å². The molecule has 4 heterocycles. The number of aromatic nitrogens is 5. The zero-order valence-electron chi connectivity index (χ0n) is 16.9. The van der Waals surface area contributed by atoms with E-state index in [1.807, 2.05) is 42.9 Å². The number of anilines is 2. The summed E-state index contributed by atoms with van der Waals surface area (Å²) in [5.41, 5.74) is 3.79. The highest BCUT2D eigenvalue weighted by atomic mass is 15.3. The highest BCUT2D eigenvalue weighted by Gasteiger charge is 2.20. The third-order valence-corrected chi connectivity index (χ3v) is 5.42. The zero-order valence-corrected chi connectivity index (χ0v) is 16.9. The Hall–Kier alpha value is -3.52. The van der Waals surface area contributed by atoms with Crippen LogP contribution in [0.2, 0.25) is 0 Å². The molecule has 0 atom stereocenters. The Morgan fingerprint density at radius 2 is 1.77 bits per heavy atom. The molecule has 4 aromatic rings. The van der Waals surface area contributed by atoms with Gasteiger partial charge in [0.2, 0.25) is 5.95 Å². The van der Waals surface area contributed by atoms with E-state index in [0.717, 1.165) is 49.0 Å². The molecule has 1 saturated heterocycles. The number of likely N-dealkylation sites (N-methyl/N-ethyl adjacent to an activating group) is 1. The summed E-state index contributed by atoms with van der Waals surface area (Å²) in [5, 5.41) is 3.30. The molecule has 1 N–H and O–H groups in total. The fourth-order valence-electron chi connectivity index (χ4n) is 3.70. The molecule has 5 rings (SSSR count). The van der Waals surface area contributed by atoms with Gasteiger partial charge in [-0.1, -0.05) is 30.3 Å². The number of piperazine rings is 1. The first kappa shape index (κ1) is 18.5. The number of nitrogens with one attached hydrogen (secondary N) is 1. The SMILES string of the molecule is CN1CCN(c2nccn3c(-c4ccnc(NCc5ccccc5)n4)cnc23)CC1. The van der Waals surface area contributed by atoms with E-state index in [1.165, 1.54) is 5.56 Å². The van der Waals surface area contributed by atoms with Crippen LogP contribution in [-0.4, -0.2) is 62.5 Å². The van der Waals surface area contributed by atoms with Gasteiger partial charge in [0, 0.05) is 51.3 Å². The summed E-state index contributed by atoms with van der Waals surface area (Å²) in [4.78, 5) is 23.0. The van der Waals surface area contributed by atoms with Crippen molar-refractivity contribution in [1.82, 2.24) is 29.2 Å². The molecule has 1 fully saturated rings. The first-order valence-electron chi connectivity index (χ1n) is 10.1. The second-order valence-electron chi connectivity index (χ2n) is 7.48. The van der Waals surface area contributed by atoms with Crippen molar-refractivity contribution in [3.8, 4) is 11.4 Å². The number of hydrogen-bond acceptors (Lipinski definition) is 7. The third-order valence-electron chi connectivity index (χ3n) is 5.42. The molecule has 0 bridgehead atoms. The largest absolute Gasteiger partial charge is 0.351 e. The van der Waals surface area contributed by atoms with Gasteiger partial charge in [-0.2, -0.15) is 0 Å². The average Bonchev–Trinajstić information content (AvgIpc) is 3.24. The summed E-state index contributed by atoms with van der Waals surface area (Å²) in [6, 6.07) is 12.1. The standard InChI is InChI=1S/C22H24N8/c1-28-11-13-29(14-12-28)20-21-25-16-19(30(21)10-9-23-20)18-7-8-24-22(27-18)26-15-17-5-3-2-4-6-17/h2-10,16H,11-15H2,1H3,(H,24,26,27). The Bertz CT molecular complexity index is 1130. The lowest BCUT2D eigenvalue weighted by Crippen LogP contribution is -2.45. The highest BCUT2D eigenvalue weighted by molar-refractivity contribution is 5.70. The number of hydrogen-bond donors (Lipinski definition) is 1. The average molecular weight is 400 g/mol. The molecule has 3 aromatic heterocycles. The Morgan fingerprint density at radius 1 is 0.933 bits per heavy atom. The van der Waals surface area contributed by atoms with Crippen LogP contribution in [0.25, 0.3) is 17.0 Å². The molecule has 8 nitrogen and oxygen atoms in total. The van der Waals surface area contributed by atoms with E-state index < -0.39 is 0 Å². The van der Waals surface area contributed by atoms with E-state index in [0.29, 0.717) is 12.5 Å². The minimum atomic E-state index is 0.597. The third kappa shape index (κ3) is 3.69. The molecule has 8 heteroatoms. The van der Waals surface area contributed by atoms with Crippen molar-refractivity contribution < 1.29 is 0 Å². The number of benzene rings is 1. The van der Waals surface area contributed by atoms with Gasteiger partial charge in [-0.15, -0.1) is 0 Å². The summed E-state index contributed by atoms with van der Waals surface area (Å²) in [6.45, 7) is 4.63. The number of imidazole rings is 1. The van der Waals surface area contributed by atoms with Gasteiger partial charge in [0.25, 0.3) is 0 Å². The molecule has 152 valence electrons. The molecule has 0 unspecified atom stereocenters. The van der Waals surface area contributed by atoms with Crippen molar-refractivity contribution in [2.75, 3.05) is 43.4 Å². The molecule has 30 heavy (non-hydrogen) atoms. The predicted molar refractivity (Wildman–Crippen MR) is 117 cm³/mol. The van der Waals surface area contributed by atoms with Crippen LogP contribution in [0, 0.1) is 0 Å². The highest BCUT2D eigenvalue weighted by Crippen LogP contribution is 2.25. The van der Waals surface area contributed by atoms with E-state index >= 15 is 0 Å². The summed E-state index contributed by atoms with van der Waals surface area (Å²) in [6.07, 6.45) is 7.41. The van der Waals surface area contributed by atoms with Gasteiger partial charge in [0.05, 0.1) is 17.6 Å². The fourth-order valence-corrected chi connectivity index (χ4v) is 3.70. The topological polar surface area (TPSA) is 74.5 Å². The monoisotopic (exact) mass is 400 g/mol. The maximum atomic E-state index is 4.71. The number of rotatable bonds is 5. The lowest BCUT2D eigenvalue weighted by molar-refractivity contribution is 0.312. The molecular weight excluding hydrogens is 376 g/mol. The Kier molecular flexibility index (Phi) is 4.98. The Labute approximate surface area is 175 Å². The van der Waals surface area contributed by atoms with Crippen LogP contribution in [0.4, 0.5) is 11.8 Å². The fraction of sp³-hybridized carbons (Fsp3) is 0.273. The lowest BCUT2D eigenvalue weighted by atomic mass is 10.2. The van der Waals surface area contributed by atoms with Crippen LogP contribution in [0.3, 0.4) is 0 Å². The molecule has 0 aliphatic carbocycles. The minimum Gasteiger partial charge on any atom is -0.351 e. The molecule has 0 spiro atoms. The predicted octanol–water partition coefficient (Wildman–Crippen LogP) is 2.55. The van der Waals surface area contributed by atoms with Gasteiger partial charge in [-0.05, 0) is 18.7 Å².